The molecule has 1 aliphatic rings. The molecule has 0 aliphatic carbocycles. The first-order valence-corrected chi connectivity index (χ1v) is 18.6. The average Bonchev–Trinajstić information content (AvgIpc) is 3.64. The molecule has 2 aromatic carbocycles. The predicted octanol–water partition coefficient (Wildman–Crippen LogP) is 6.11. The number of fused-ring (bicyclic) bond motifs is 1. The third-order valence-corrected chi connectivity index (χ3v) is 9.83. The molecule has 1 aliphatic heterocycles. The normalized spacial score (nSPS) is 13.2. The van der Waals surface area contributed by atoms with Crippen LogP contribution in [0, 0.1) is 13.8 Å². The van der Waals surface area contributed by atoms with Crippen LogP contribution >= 0.6 is 23.2 Å². The lowest BCUT2D eigenvalue weighted by Gasteiger charge is -2.18. The average molecular weight is 812 g/mol. The molecule has 1 aromatic heterocycles. The summed E-state index contributed by atoms with van der Waals surface area (Å²) in [4.78, 5) is 81.3. The maximum absolute atomic E-state index is 13.1. The van der Waals surface area contributed by atoms with Gasteiger partial charge in [-0.3, -0.25) is 14.4 Å². The SMILES string of the molecule is C=C(CC)C(=O)c1ccc(OCC(=O)OC(C)C(=O)OCC(=O)Oc2ccc3c(c2)/C(=C/c2[nH]c(C)c(C(=O)NCCN(CC)CC)c2C)C(=O)N3)c(Cl)c1Cl. The lowest BCUT2D eigenvalue weighted by atomic mass is 10.0. The number of allylic oxidation sites excluding steroid dienone is 1. The Morgan fingerprint density at radius 2 is 1.70 bits per heavy atom. The van der Waals surface area contributed by atoms with Crippen LogP contribution in [0.15, 0.2) is 42.5 Å². The third-order valence-electron chi connectivity index (χ3n) is 8.96. The van der Waals surface area contributed by atoms with Gasteiger partial charge in [-0.25, -0.2) is 14.4 Å². The molecule has 1 atom stereocenters. The Kier molecular flexibility index (Phi) is 15.0. The van der Waals surface area contributed by atoms with Gasteiger partial charge in [-0.15, -0.1) is 0 Å². The number of hydrogen-bond donors (Lipinski definition) is 3. The van der Waals surface area contributed by atoms with Crippen molar-refractivity contribution in [3.05, 3.63) is 86.2 Å². The molecule has 0 fully saturated rings. The number of aromatic amines is 1. The largest absolute Gasteiger partial charge is 0.480 e. The van der Waals surface area contributed by atoms with Crippen LogP contribution in [-0.2, 0) is 28.7 Å². The highest BCUT2D eigenvalue weighted by molar-refractivity contribution is 6.45. The molecule has 3 aromatic rings. The summed E-state index contributed by atoms with van der Waals surface area (Å²) < 4.78 is 20.8. The van der Waals surface area contributed by atoms with E-state index in [0.29, 0.717) is 52.3 Å². The second-order valence-corrected chi connectivity index (χ2v) is 13.4. The summed E-state index contributed by atoms with van der Waals surface area (Å²) in [6.07, 6.45) is 0.637. The lowest BCUT2D eigenvalue weighted by Crippen LogP contribution is -2.35. The highest BCUT2D eigenvalue weighted by atomic mass is 35.5. The first-order chi connectivity index (χ1) is 26.6. The number of hydrogen-bond acceptors (Lipinski definition) is 11. The minimum absolute atomic E-state index is 0.00423. The molecule has 4 rings (SSSR count). The van der Waals surface area contributed by atoms with E-state index in [1.165, 1.54) is 31.2 Å². The number of carbonyl (C=O) groups excluding carboxylic acids is 6. The van der Waals surface area contributed by atoms with Gasteiger partial charge in [0.2, 0.25) is 0 Å². The Labute approximate surface area is 334 Å². The van der Waals surface area contributed by atoms with E-state index < -0.39 is 43.1 Å². The van der Waals surface area contributed by atoms with E-state index in [0.717, 1.165) is 19.6 Å². The van der Waals surface area contributed by atoms with Crippen molar-refractivity contribution >= 4 is 76.0 Å². The molecule has 14 nitrogen and oxygen atoms in total. The lowest BCUT2D eigenvalue weighted by molar-refractivity contribution is -0.170. The number of rotatable bonds is 18. The Bertz CT molecular complexity index is 2090. The molecule has 3 N–H and O–H groups in total. The number of aromatic nitrogens is 1. The zero-order chi connectivity index (χ0) is 41.3. The van der Waals surface area contributed by atoms with Crippen molar-refractivity contribution in [2.24, 2.45) is 0 Å². The van der Waals surface area contributed by atoms with Crippen LogP contribution in [0.4, 0.5) is 5.69 Å². The van der Waals surface area contributed by atoms with Gasteiger partial charge in [0.15, 0.2) is 25.1 Å². The molecule has 0 bridgehead atoms. The molecular weight excluding hydrogens is 767 g/mol. The van der Waals surface area contributed by atoms with Crippen molar-refractivity contribution in [3.8, 4) is 11.5 Å². The van der Waals surface area contributed by atoms with Gasteiger partial charge >= 0.3 is 17.9 Å². The van der Waals surface area contributed by atoms with Crippen molar-refractivity contribution < 1.29 is 47.7 Å². The van der Waals surface area contributed by atoms with E-state index in [1.54, 1.807) is 32.9 Å². The molecule has 56 heavy (non-hydrogen) atoms. The number of esters is 3. The summed E-state index contributed by atoms with van der Waals surface area (Å²) >= 11 is 12.5. The first-order valence-electron chi connectivity index (χ1n) is 17.9. The minimum Gasteiger partial charge on any atom is -0.480 e. The first kappa shape index (κ1) is 43.3. The zero-order valence-corrected chi connectivity index (χ0v) is 33.5. The number of nitrogens with zero attached hydrogens (tertiary/aromatic N) is 1. The van der Waals surface area contributed by atoms with Crippen LogP contribution in [0.3, 0.4) is 0 Å². The minimum atomic E-state index is -1.41. The van der Waals surface area contributed by atoms with E-state index >= 15 is 0 Å². The van der Waals surface area contributed by atoms with Gasteiger partial charge in [0, 0.05) is 41.3 Å². The standard InChI is InChI=1S/C40H44Cl2N4O10/c1-8-21(4)37(49)26-12-14-31(36(42)35(26)41)53-19-32(47)55-24(7)40(52)54-20-33(48)56-25-11-13-29-27(17-25)28(38(50)45-29)18-30-22(5)34(23(6)44-30)39(51)43-15-16-46(9-2)10-3/h11-14,17-18,24,44H,4,8-10,15-16,19-20H2,1-3,5-7H3,(H,43,51)(H,45,50)/b28-18-. The van der Waals surface area contributed by atoms with E-state index in [1.807, 2.05) is 0 Å². The van der Waals surface area contributed by atoms with E-state index in [4.69, 9.17) is 42.1 Å². The quantitative estimate of drug-likeness (QED) is 0.0584. The maximum Gasteiger partial charge on any atom is 0.349 e. The number of likely N-dealkylation sites (N-methyl/N-ethyl adjacent to an activating group) is 1. The number of nitrogens with one attached hydrogen (secondary N) is 3. The fourth-order valence-corrected chi connectivity index (χ4v) is 6.19. The molecule has 298 valence electrons. The Balaban J connectivity index is 1.31. The Hall–Kier alpha value is -5.44. The van der Waals surface area contributed by atoms with Crippen LogP contribution in [0.1, 0.15) is 77.3 Å². The van der Waals surface area contributed by atoms with E-state index in [9.17, 15) is 28.8 Å². The van der Waals surface area contributed by atoms with Crippen molar-refractivity contribution in [1.82, 2.24) is 15.2 Å². The van der Waals surface area contributed by atoms with Crippen molar-refractivity contribution in [2.75, 3.05) is 44.7 Å². The number of Topliss-reactive ketones (excluding diaryl/α,β-unsaturated/α-hetero) is 1. The second-order valence-electron chi connectivity index (χ2n) is 12.7. The molecule has 2 heterocycles. The molecule has 16 heteroatoms. The third kappa shape index (κ3) is 10.4. The molecule has 1 unspecified atom stereocenters. The number of carbonyl (C=O) groups is 6. The summed E-state index contributed by atoms with van der Waals surface area (Å²) in [7, 11) is 0. The topological polar surface area (TPSA) is 182 Å². The molecule has 0 saturated carbocycles. The number of ether oxygens (including phenoxy) is 4. The van der Waals surface area contributed by atoms with Crippen LogP contribution < -0.4 is 20.1 Å². The van der Waals surface area contributed by atoms with Crippen LogP contribution in [0.2, 0.25) is 10.0 Å². The number of anilines is 1. The van der Waals surface area contributed by atoms with Gasteiger partial charge in [-0.05, 0) is 87.8 Å². The van der Waals surface area contributed by atoms with Crippen molar-refractivity contribution in [3.63, 3.8) is 0 Å². The van der Waals surface area contributed by atoms with Gasteiger partial charge in [0.25, 0.3) is 11.8 Å². The van der Waals surface area contributed by atoms with Gasteiger partial charge in [-0.1, -0.05) is 50.6 Å². The van der Waals surface area contributed by atoms with Crippen molar-refractivity contribution in [1.29, 1.82) is 0 Å². The number of aryl methyl sites for hydroxylation is 1. The van der Waals surface area contributed by atoms with Gasteiger partial charge < -0.3 is 39.5 Å². The number of amides is 2. The molecule has 0 spiro atoms. The Morgan fingerprint density at radius 1 is 0.982 bits per heavy atom. The maximum atomic E-state index is 13.1. The molecular formula is C40H44Cl2N4O10. The molecule has 0 saturated heterocycles. The second kappa shape index (κ2) is 19.4. The smallest absolute Gasteiger partial charge is 0.349 e. The molecule has 0 radical (unpaired) electrons. The fraction of sp³-hybridized carbons (Fsp3) is 0.350. The van der Waals surface area contributed by atoms with Crippen LogP contribution in [0.5, 0.6) is 11.5 Å². The van der Waals surface area contributed by atoms with Crippen LogP contribution in [-0.4, -0.2) is 90.9 Å². The van der Waals surface area contributed by atoms with E-state index in [2.05, 4.69) is 40.9 Å². The number of ketones is 1. The monoisotopic (exact) mass is 810 g/mol. The summed E-state index contributed by atoms with van der Waals surface area (Å²) in [5.41, 5.74) is 4.07. The van der Waals surface area contributed by atoms with Gasteiger partial charge in [-0.2, -0.15) is 0 Å². The number of H-pyrrole nitrogens is 1. The van der Waals surface area contributed by atoms with Crippen molar-refractivity contribution in [2.45, 2.75) is 54.1 Å². The molecule has 2 amide bonds. The highest BCUT2D eigenvalue weighted by Crippen LogP contribution is 2.37. The Morgan fingerprint density at radius 3 is 2.38 bits per heavy atom. The summed E-state index contributed by atoms with van der Waals surface area (Å²) in [5.74, 6) is -3.83. The highest BCUT2D eigenvalue weighted by Gasteiger charge is 2.28. The van der Waals surface area contributed by atoms with Crippen LogP contribution in [0.25, 0.3) is 11.6 Å². The summed E-state index contributed by atoms with van der Waals surface area (Å²) in [6.45, 7) is 15.9. The summed E-state index contributed by atoms with van der Waals surface area (Å²) in [5, 5.41) is 5.57. The van der Waals surface area contributed by atoms with Gasteiger partial charge in [0.1, 0.15) is 16.5 Å². The zero-order valence-electron chi connectivity index (χ0n) is 32.0. The predicted molar refractivity (Wildman–Crippen MR) is 211 cm³/mol. The van der Waals surface area contributed by atoms with Gasteiger partial charge in [0.05, 0.1) is 16.2 Å². The van der Waals surface area contributed by atoms with E-state index in [-0.39, 0.29) is 44.4 Å². The fourth-order valence-electron chi connectivity index (χ4n) is 5.73. The number of halogens is 2. The number of benzene rings is 2. The summed E-state index contributed by atoms with van der Waals surface area (Å²) in [6, 6.07) is 7.27.